The Bertz CT molecular complexity index is 1480. The lowest BCUT2D eigenvalue weighted by Crippen LogP contribution is -2.55. The average molecular weight is 602 g/mol. The molecule has 0 aromatic heterocycles. The summed E-state index contributed by atoms with van der Waals surface area (Å²) in [5.41, 5.74) is 1.06. The van der Waals surface area contributed by atoms with Crippen molar-refractivity contribution in [3.05, 3.63) is 101 Å². The lowest BCUT2D eigenvalue weighted by atomic mass is 9.94. The standard InChI is InChI=1S/C31H34F3N3O4S/c1-42(40,41)37(26-16-17-27(33)28(34)19-26)21-30(38)36(20-23-12-14-24(32)15-13-23)29(18-22-8-4-2-5-9-22)31(39)35-25-10-6-3-7-11-25/h2,4-5,8-9,12-17,19,25,29H,3,6-7,10-11,18,20-21H2,1H3,(H,35,39). The number of hydrogen-bond donors (Lipinski definition) is 1. The Morgan fingerprint density at radius 3 is 2.17 bits per heavy atom. The summed E-state index contributed by atoms with van der Waals surface area (Å²) in [7, 11) is -4.14. The minimum atomic E-state index is -4.14. The monoisotopic (exact) mass is 601 g/mol. The average Bonchev–Trinajstić information content (AvgIpc) is 2.96. The first kappa shape index (κ1) is 31.1. The first-order valence-electron chi connectivity index (χ1n) is 13.8. The third-order valence-corrected chi connectivity index (χ3v) is 8.50. The zero-order chi connectivity index (χ0) is 30.3. The van der Waals surface area contributed by atoms with Crippen LogP contribution in [-0.2, 0) is 32.6 Å². The van der Waals surface area contributed by atoms with Gasteiger partial charge in [0.1, 0.15) is 18.4 Å². The van der Waals surface area contributed by atoms with Crippen molar-refractivity contribution in [1.82, 2.24) is 10.2 Å². The predicted molar refractivity (Wildman–Crippen MR) is 154 cm³/mol. The number of carbonyl (C=O) groups is 2. The molecule has 7 nitrogen and oxygen atoms in total. The summed E-state index contributed by atoms with van der Waals surface area (Å²) < 4.78 is 67.6. The molecule has 224 valence electrons. The van der Waals surface area contributed by atoms with E-state index in [0.717, 1.165) is 56.1 Å². The van der Waals surface area contributed by atoms with E-state index in [1.165, 1.54) is 29.2 Å². The number of hydrogen-bond acceptors (Lipinski definition) is 4. The highest BCUT2D eigenvalue weighted by molar-refractivity contribution is 7.92. The predicted octanol–water partition coefficient (Wildman–Crippen LogP) is 4.96. The summed E-state index contributed by atoms with van der Waals surface area (Å²) in [5, 5.41) is 3.08. The van der Waals surface area contributed by atoms with Crippen molar-refractivity contribution < 1.29 is 31.2 Å². The summed E-state index contributed by atoms with van der Waals surface area (Å²) in [4.78, 5) is 29.2. The third-order valence-electron chi connectivity index (χ3n) is 7.36. The van der Waals surface area contributed by atoms with Crippen LogP contribution >= 0.6 is 0 Å². The maximum Gasteiger partial charge on any atom is 0.244 e. The number of carbonyl (C=O) groups excluding carboxylic acids is 2. The van der Waals surface area contributed by atoms with Gasteiger partial charge >= 0.3 is 0 Å². The molecule has 0 bridgehead atoms. The van der Waals surface area contributed by atoms with Gasteiger partial charge in [-0.3, -0.25) is 13.9 Å². The number of anilines is 1. The molecular formula is C31H34F3N3O4S. The third kappa shape index (κ3) is 8.34. The SMILES string of the molecule is CS(=O)(=O)N(CC(=O)N(Cc1ccc(F)cc1)C(Cc1ccccc1)C(=O)NC1CCCCC1)c1ccc(F)c(F)c1. The van der Waals surface area contributed by atoms with Crippen LogP contribution in [0.5, 0.6) is 0 Å². The molecule has 0 spiro atoms. The number of sulfonamides is 1. The van der Waals surface area contributed by atoms with Gasteiger partial charge in [-0.05, 0) is 48.2 Å². The molecule has 1 fully saturated rings. The second-order valence-electron chi connectivity index (χ2n) is 10.6. The van der Waals surface area contributed by atoms with Gasteiger partial charge in [0.15, 0.2) is 11.6 Å². The fourth-order valence-electron chi connectivity index (χ4n) is 5.14. The molecule has 3 aromatic carbocycles. The fraction of sp³-hybridized carbons (Fsp3) is 0.355. The molecule has 0 aliphatic heterocycles. The largest absolute Gasteiger partial charge is 0.352 e. The van der Waals surface area contributed by atoms with Gasteiger partial charge in [-0.25, -0.2) is 21.6 Å². The van der Waals surface area contributed by atoms with Crippen LogP contribution in [0.4, 0.5) is 18.9 Å². The van der Waals surface area contributed by atoms with Crippen LogP contribution in [0, 0.1) is 17.5 Å². The molecule has 0 saturated heterocycles. The molecule has 1 unspecified atom stereocenters. The fourth-order valence-corrected chi connectivity index (χ4v) is 5.98. The Hall–Kier alpha value is -3.86. The summed E-state index contributed by atoms with van der Waals surface area (Å²) >= 11 is 0. The summed E-state index contributed by atoms with van der Waals surface area (Å²) in [6, 6.07) is 16.0. The van der Waals surface area contributed by atoms with Gasteiger partial charge < -0.3 is 10.2 Å². The molecule has 42 heavy (non-hydrogen) atoms. The van der Waals surface area contributed by atoms with E-state index in [2.05, 4.69) is 5.32 Å². The zero-order valence-electron chi connectivity index (χ0n) is 23.3. The number of rotatable bonds is 11. The van der Waals surface area contributed by atoms with Gasteiger partial charge in [0.25, 0.3) is 0 Å². The van der Waals surface area contributed by atoms with Crippen molar-refractivity contribution in [2.45, 2.75) is 57.2 Å². The van der Waals surface area contributed by atoms with E-state index in [1.54, 1.807) is 0 Å². The summed E-state index contributed by atoms with van der Waals surface area (Å²) in [5.74, 6) is -4.05. The molecule has 2 amide bonds. The number of benzene rings is 3. The van der Waals surface area contributed by atoms with Crippen molar-refractivity contribution >= 4 is 27.5 Å². The maximum atomic E-state index is 14.1. The minimum absolute atomic E-state index is 0.0537. The van der Waals surface area contributed by atoms with Crippen LogP contribution in [0.15, 0.2) is 72.8 Å². The Labute approximate surface area is 244 Å². The highest BCUT2D eigenvalue weighted by Gasteiger charge is 2.34. The summed E-state index contributed by atoms with van der Waals surface area (Å²) in [6.45, 7) is -0.892. The van der Waals surface area contributed by atoms with Crippen LogP contribution in [0.1, 0.15) is 43.2 Å². The lowest BCUT2D eigenvalue weighted by molar-refractivity contribution is -0.140. The van der Waals surface area contributed by atoms with Crippen molar-refractivity contribution in [3.63, 3.8) is 0 Å². The summed E-state index contributed by atoms with van der Waals surface area (Å²) in [6.07, 6.45) is 5.65. The molecule has 1 aliphatic rings. The number of halogens is 3. The molecule has 4 rings (SSSR count). The second kappa shape index (κ2) is 13.9. The first-order valence-corrected chi connectivity index (χ1v) is 15.7. The van der Waals surface area contributed by atoms with E-state index in [4.69, 9.17) is 0 Å². The molecule has 0 radical (unpaired) electrons. The van der Waals surface area contributed by atoms with Gasteiger partial charge in [0.05, 0.1) is 11.9 Å². The number of amides is 2. The topological polar surface area (TPSA) is 86.8 Å². The molecule has 1 N–H and O–H groups in total. The van der Waals surface area contributed by atoms with E-state index < -0.39 is 46.0 Å². The van der Waals surface area contributed by atoms with E-state index in [-0.39, 0.29) is 30.6 Å². The maximum absolute atomic E-state index is 14.1. The zero-order valence-corrected chi connectivity index (χ0v) is 24.1. The Balaban J connectivity index is 1.72. The van der Waals surface area contributed by atoms with Gasteiger partial charge in [-0.15, -0.1) is 0 Å². The van der Waals surface area contributed by atoms with E-state index in [0.29, 0.717) is 15.9 Å². The van der Waals surface area contributed by atoms with E-state index in [9.17, 15) is 31.2 Å². The first-order chi connectivity index (χ1) is 20.0. The Morgan fingerprint density at radius 2 is 1.55 bits per heavy atom. The lowest BCUT2D eigenvalue weighted by Gasteiger charge is -2.35. The van der Waals surface area contributed by atoms with Crippen LogP contribution in [-0.4, -0.2) is 50.0 Å². The van der Waals surface area contributed by atoms with Gasteiger partial charge in [0, 0.05) is 25.1 Å². The van der Waals surface area contributed by atoms with Crippen molar-refractivity contribution in [3.8, 4) is 0 Å². The Morgan fingerprint density at radius 1 is 0.881 bits per heavy atom. The number of nitrogens with one attached hydrogen (secondary N) is 1. The normalized spacial score (nSPS) is 14.7. The van der Waals surface area contributed by atoms with E-state index in [1.807, 2.05) is 30.3 Å². The smallest absolute Gasteiger partial charge is 0.244 e. The van der Waals surface area contributed by atoms with Crippen LogP contribution in [0.25, 0.3) is 0 Å². The van der Waals surface area contributed by atoms with Crippen molar-refractivity contribution in [2.75, 3.05) is 17.1 Å². The van der Waals surface area contributed by atoms with Crippen LogP contribution in [0.3, 0.4) is 0 Å². The quantitative estimate of drug-likeness (QED) is 0.337. The van der Waals surface area contributed by atoms with Crippen LogP contribution < -0.4 is 9.62 Å². The van der Waals surface area contributed by atoms with Gasteiger partial charge in [-0.2, -0.15) is 0 Å². The second-order valence-corrected chi connectivity index (χ2v) is 12.5. The molecule has 1 atom stereocenters. The molecule has 11 heteroatoms. The number of nitrogens with zero attached hydrogens (tertiary/aromatic N) is 2. The molecule has 0 heterocycles. The van der Waals surface area contributed by atoms with E-state index >= 15 is 0 Å². The molecular weight excluding hydrogens is 567 g/mol. The minimum Gasteiger partial charge on any atom is -0.352 e. The van der Waals surface area contributed by atoms with Gasteiger partial charge in [0.2, 0.25) is 21.8 Å². The van der Waals surface area contributed by atoms with Crippen molar-refractivity contribution in [2.24, 2.45) is 0 Å². The molecule has 1 saturated carbocycles. The van der Waals surface area contributed by atoms with Gasteiger partial charge in [-0.1, -0.05) is 61.7 Å². The highest BCUT2D eigenvalue weighted by atomic mass is 32.2. The molecule has 3 aromatic rings. The Kier molecular flexibility index (Phi) is 10.3. The van der Waals surface area contributed by atoms with Crippen molar-refractivity contribution in [1.29, 1.82) is 0 Å². The highest BCUT2D eigenvalue weighted by Crippen LogP contribution is 2.23. The molecule has 1 aliphatic carbocycles. The van der Waals surface area contributed by atoms with Crippen LogP contribution in [0.2, 0.25) is 0 Å².